The summed E-state index contributed by atoms with van der Waals surface area (Å²) >= 11 is 0. The van der Waals surface area contributed by atoms with Crippen LogP contribution in [0.2, 0.25) is 0 Å². The summed E-state index contributed by atoms with van der Waals surface area (Å²) in [6.07, 6.45) is 9.72. The first-order valence-corrected chi connectivity index (χ1v) is 15.1. The summed E-state index contributed by atoms with van der Waals surface area (Å²) in [5, 5.41) is 3.96. The Hall–Kier alpha value is -3.47. The molecule has 1 amide bonds. The highest BCUT2D eigenvalue weighted by Crippen LogP contribution is 2.31. The van der Waals surface area contributed by atoms with Gasteiger partial charge in [0, 0.05) is 44.3 Å². The first kappa shape index (κ1) is 27.1. The van der Waals surface area contributed by atoms with Crippen molar-refractivity contribution in [3.63, 3.8) is 0 Å². The molecular formula is C28H36N6O4S. The lowest BCUT2D eigenvalue weighted by Crippen LogP contribution is -2.31. The van der Waals surface area contributed by atoms with E-state index in [0.717, 1.165) is 23.1 Å². The van der Waals surface area contributed by atoms with Crippen LogP contribution in [0.15, 0.2) is 41.6 Å². The molecule has 0 radical (unpaired) electrons. The molecule has 2 aliphatic rings. The summed E-state index contributed by atoms with van der Waals surface area (Å²) in [7, 11) is -2.31. The second-order valence-corrected chi connectivity index (χ2v) is 12.4. The smallest absolute Gasteiger partial charge is 0.267 e. The van der Waals surface area contributed by atoms with Crippen LogP contribution in [0.1, 0.15) is 56.1 Å². The molecule has 208 valence electrons. The Bertz CT molecular complexity index is 1430. The number of likely N-dealkylation sites (tertiary alicyclic amines) is 1. The van der Waals surface area contributed by atoms with Gasteiger partial charge in [0.1, 0.15) is 11.0 Å². The Labute approximate surface area is 229 Å². The van der Waals surface area contributed by atoms with E-state index in [1.165, 1.54) is 42.8 Å². The lowest BCUT2D eigenvalue weighted by atomic mass is 10.00. The molecule has 1 saturated heterocycles. The zero-order chi connectivity index (χ0) is 27.6. The number of rotatable bonds is 9. The van der Waals surface area contributed by atoms with Gasteiger partial charge in [-0.15, -0.1) is 0 Å². The van der Waals surface area contributed by atoms with E-state index in [4.69, 9.17) is 4.74 Å². The van der Waals surface area contributed by atoms with E-state index in [1.54, 1.807) is 13.1 Å². The molecule has 39 heavy (non-hydrogen) atoms. The summed E-state index contributed by atoms with van der Waals surface area (Å²) in [6.45, 7) is 5.10. The first-order chi connectivity index (χ1) is 18.7. The summed E-state index contributed by atoms with van der Waals surface area (Å²) in [6, 6.07) is 7.67. The summed E-state index contributed by atoms with van der Waals surface area (Å²) < 4.78 is 36.1. The van der Waals surface area contributed by atoms with E-state index in [2.05, 4.69) is 19.8 Å². The molecule has 0 bridgehead atoms. The van der Waals surface area contributed by atoms with E-state index in [0.29, 0.717) is 37.5 Å². The molecule has 10 nitrogen and oxygen atoms in total. The molecule has 1 aliphatic heterocycles. The van der Waals surface area contributed by atoms with Gasteiger partial charge in [-0.3, -0.25) is 9.48 Å². The van der Waals surface area contributed by atoms with E-state index in [-0.39, 0.29) is 28.7 Å². The van der Waals surface area contributed by atoms with Crippen LogP contribution < -0.4 is 9.46 Å². The normalized spacial score (nSPS) is 18.0. The van der Waals surface area contributed by atoms with Gasteiger partial charge in [0.25, 0.3) is 10.0 Å². The molecule has 11 heteroatoms. The minimum atomic E-state index is -3.96. The van der Waals surface area contributed by atoms with Crippen LogP contribution in [-0.2, 0) is 21.9 Å². The monoisotopic (exact) mass is 552 g/mol. The number of hydrogen-bond acceptors (Lipinski definition) is 7. The second kappa shape index (κ2) is 11.3. The zero-order valence-corrected chi connectivity index (χ0v) is 23.6. The number of ether oxygens (including phenoxy) is 1. The highest BCUT2D eigenvalue weighted by molar-refractivity contribution is 7.92. The van der Waals surface area contributed by atoms with E-state index in [1.807, 2.05) is 36.9 Å². The Morgan fingerprint density at radius 2 is 1.87 bits per heavy atom. The molecule has 3 aromatic rings. The SMILES string of the molecule is Cc1cccc(C)c1-c1cc(OC2CCN(C(=O)CCC3CCCC3)C2)nc(NS(=O)(=O)c2cnn(C)c2)n1. The molecule has 1 N–H and O–H groups in total. The van der Waals surface area contributed by atoms with Gasteiger partial charge in [-0.05, 0) is 37.3 Å². The van der Waals surface area contributed by atoms with Gasteiger partial charge in [-0.1, -0.05) is 43.9 Å². The molecule has 3 heterocycles. The predicted octanol–water partition coefficient (Wildman–Crippen LogP) is 4.24. The predicted molar refractivity (Wildman–Crippen MR) is 148 cm³/mol. The average molecular weight is 553 g/mol. The number of anilines is 1. The number of carbonyl (C=O) groups excluding carboxylic acids is 1. The second-order valence-electron chi connectivity index (χ2n) is 10.7. The highest BCUT2D eigenvalue weighted by atomic mass is 32.2. The highest BCUT2D eigenvalue weighted by Gasteiger charge is 2.29. The van der Waals surface area contributed by atoms with Gasteiger partial charge < -0.3 is 9.64 Å². The van der Waals surface area contributed by atoms with E-state index >= 15 is 0 Å². The van der Waals surface area contributed by atoms with Gasteiger partial charge >= 0.3 is 0 Å². The van der Waals surface area contributed by atoms with Gasteiger partial charge in [-0.2, -0.15) is 10.1 Å². The fraction of sp³-hybridized carbons (Fsp3) is 0.500. The third-order valence-electron chi connectivity index (χ3n) is 7.68. The van der Waals surface area contributed by atoms with Crippen molar-refractivity contribution in [2.75, 3.05) is 17.8 Å². The van der Waals surface area contributed by atoms with Gasteiger partial charge in [0.15, 0.2) is 0 Å². The molecule has 1 saturated carbocycles. The van der Waals surface area contributed by atoms with Crippen LogP contribution >= 0.6 is 0 Å². The minimum absolute atomic E-state index is 0.0103. The molecular weight excluding hydrogens is 516 g/mol. The summed E-state index contributed by atoms with van der Waals surface area (Å²) in [5.74, 6) is 1.03. The van der Waals surface area contributed by atoms with Crippen molar-refractivity contribution in [2.45, 2.75) is 69.8 Å². The van der Waals surface area contributed by atoms with Gasteiger partial charge in [-0.25, -0.2) is 18.1 Å². The van der Waals surface area contributed by atoms with E-state index in [9.17, 15) is 13.2 Å². The number of carbonyl (C=O) groups is 1. The maximum absolute atomic E-state index is 13.0. The molecule has 1 unspecified atom stereocenters. The Balaban J connectivity index is 1.35. The number of aryl methyl sites for hydroxylation is 3. The average Bonchev–Trinajstić information content (AvgIpc) is 3.65. The van der Waals surface area contributed by atoms with Crippen LogP contribution in [0.5, 0.6) is 5.88 Å². The minimum Gasteiger partial charge on any atom is -0.472 e. The molecule has 0 spiro atoms. The Morgan fingerprint density at radius 1 is 1.13 bits per heavy atom. The molecule has 1 atom stereocenters. The maximum Gasteiger partial charge on any atom is 0.267 e. The van der Waals surface area contributed by atoms with Crippen LogP contribution in [0.4, 0.5) is 5.95 Å². The number of aromatic nitrogens is 4. The van der Waals surface area contributed by atoms with Crippen molar-refractivity contribution < 1.29 is 17.9 Å². The fourth-order valence-electron chi connectivity index (χ4n) is 5.60. The maximum atomic E-state index is 13.0. The number of benzene rings is 1. The molecule has 1 aliphatic carbocycles. The summed E-state index contributed by atoms with van der Waals surface area (Å²) in [4.78, 5) is 23.7. The van der Waals surface area contributed by atoms with Crippen molar-refractivity contribution >= 4 is 21.9 Å². The number of nitrogens with zero attached hydrogens (tertiary/aromatic N) is 5. The van der Waals surface area contributed by atoms with Crippen molar-refractivity contribution in [1.29, 1.82) is 0 Å². The number of sulfonamides is 1. The first-order valence-electron chi connectivity index (χ1n) is 13.6. The van der Waals surface area contributed by atoms with Crippen LogP contribution in [-0.4, -0.2) is 58.2 Å². The Kier molecular flexibility index (Phi) is 7.88. The molecule has 2 aromatic heterocycles. The lowest BCUT2D eigenvalue weighted by Gasteiger charge is -2.19. The van der Waals surface area contributed by atoms with Crippen molar-refractivity contribution in [1.82, 2.24) is 24.6 Å². The Morgan fingerprint density at radius 3 is 2.56 bits per heavy atom. The topological polar surface area (TPSA) is 119 Å². The fourth-order valence-corrected chi connectivity index (χ4v) is 6.53. The quantitative estimate of drug-likeness (QED) is 0.422. The van der Waals surface area contributed by atoms with Crippen molar-refractivity contribution in [2.24, 2.45) is 13.0 Å². The third kappa shape index (κ3) is 6.41. The van der Waals surface area contributed by atoms with Crippen molar-refractivity contribution in [3.05, 3.63) is 47.8 Å². The van der Waals surface area contributed by atoms with Gasteiger partial charge in [0.05, 0.1) is 18.4 Å². The number of hydrogen-bond donors (Lipinski definition) is 1. The van der Waals surface area contributed by atoms with Crippen LogP contribution in [0.25, 0.3) is 11.3 Å². The van der Waals surface area contributed by atoms with Gasteiger partial charge in [0.2, 0.25) is 17.7 Å². The molecule has 2 fully saturated rings. The molecule has 1 aromatic carbocycles. The lowest BCUT2D eigenvalue weighted by molar-refractivity contribution is -0.130. The number of amides is 1. The van der Waals surface area contributed by atoms with E-state index < -0.39 is 10.0 Å². The standard InChI is InChI=1S/C28H36N6O4S/c1-19-7-6-8-20(2)27(19)24-15-25(31-28(30-24)32-39(36,37)23-16-29-33(3)18-23)38-22-13-14-34(17-22)26(35)12-11-21-9-4-5-10-21/h6-8,15-16,18,21-22H,4-5,9-14,17H2,1-3H3,(H,30,31,32). The largest absolute Gasteiger partial charge is 0.472 e. The molecule has 5 rings (SSSR count). The van der Waals surface area contributed by atoms with Crippen molar-refractivity contribution in [3.8, 4) is 17.1 Å². The van der Waals surface area contributed by atoms with Crippen LogP contribution in [0.3, 0.4) is 0 Å². The number of nitrogens with one attached hydrogen (secondary N) is 1. The zero-order valence-electron chi connectivity index (χ0n) is 22.8. The third-order valence-corrected chi connectivity index (χ3v) is 8.97. The van der Waals surface area contributed by atoms with Crippen LogP contribution in [0, 0.1) is 19.8 Å². The summed E-state index contributed by atoms with van der Waals surface area (Å²) in [5.41, 5.74) is 3.45.